The average Bonchev–Trinajstić information content (AvgIpc) is 3.03. The van der Waals surface area contributed by atoms with Gasteiger partial charge in [-0.1, -0.05) is 0 Å². The number of alkyl halides is 1. The van der Waals surface area contributed by atoms with Crippen molar-refractivity contribution in [3.63, 3.8) is 0 Å². The quantitative estimate of drug-likeness (QED) is 0.665. The zero-order valence-electron chi connectivity index (χ0n) is 11.8. The Morgan fingerprint density at radius 1 is 1.50 bits per heavy atom. The van der Waals surface area contributed by atoms with Gasteiger partial charge in [0.15, 0.2) is 29.7 Å². The molecule has 120 valence electrons. The highest BCUT2D eigenvalue weighted by Gasteiger charge is 2.45. The summed E-state index contributed by atoms with van der Waals surface area (Å²) in [5.41, 5.74) is 6.39. The standard InChI is InChI=1S/C12H16FN5O4/c1-21-3-6-16-10(14)8-11(17-6)18(4-15-8)12-7(13)9(20)5(2-19)22-12/h4-5,7,9,12,19-20H,2-3H2,1H3,(H2,14,16,17)/t5-,7+,9-,12-/m1/s1. The predicted octanol–water partition coefficient (Wildman–Crippen LogP) is -0.856. The van der Waals surface area contributed by atoms with E-state index in [0.717, 1.165) is 0 Å². The van der Waals surface area contributed by atoms with Crippen LogP contribution in [0, 0.1) is 0 Å². The van der Waals surface area contributed by atoms with E-state index in [9.17, 15) is 9.50 Å². The van der Waals surface area contributed by atoms with Gasteiger partial charge in [0.25, 0.3) is 0 Å². The minimum Gasteiger partial charge on any atom is -0.394 e. The van der Waals surface area contributed by atoms with Crippen LogP contribution in [0.1, 0.15) is 12.1 Å². The maximum Gasteiger partial charge on any atom is 0.173 e. The van der Waals surface area contributed by atoms with Crippen molar-refractivity contribution < 1.29 is 24.1 Å². The number of imidazole rings is 1. The van der Waals surface area contributed by atoms with E-state index in [4.69, 9.17) is 20.3 Å². The van der Waals surface area contributed by atoms with Crippen molar-refractivity contribution >= 4 is 17.0 Å². The molecule has 3 rings (SSSR count). The molecule has 0 saturated carbocycles. The third-order valence-corrected chi connectivity index (χ3v) is 3.52. The van der Waals surface area contributed by atoms with Crippen molar-refractivity contribution in [3.8, 4) is 0 Å². The average molecular weight is 313 g/mol. The number of anilines is 1. The molecule has 1 saturated heterocycles. The minimum absolute atomic E-state index is 0.137. The fourth-order valence-corrected chi connectivity index (χ4v) is 2.44. The number of ether oxygens (including phenoxy) is 2. The number of hydrogen-bond acceptors (Lipinski definition) is 8. The summed E-state index contributed by atoms with van der Waals surface area (Å²) in [6, 6.07) is 0. The van der Waals surface area contributed by atoms with Crippen molar-refractivity contribution in [2.45, 2.75) is 31.2 Å². The van der Waals surface area contributed by atoms with Gasteiger partial charge < -0.3 is 25.4 Å². The monoisotopic (exact) mass is 313 g/mol. The number of aliphatic hydroxyl groups is 2. The van der Waals surface area contributed by atoms with E-state index in [1.54, 1.807) is 0 Å². The van der Waals surface area contributed by atoms with Gasteiger partial charge in [0, 0.05) is 7.11 Å². The number of nitrogens with zero attached hydrogens (tertiary/aromatic N) is 4. The summed E-state index contributed by atoms with van der Waals surface area (Å²) < 4.78 is 25.9. The lowest BCUT2D eigenvalue weighted by atomic mass is 10.1. The van der Waals surface area contributed by atoms with Crippen molar-refractivity contribution in [1.29, 1.82) is 0 Å². The zero-order valence-corrected chi connectivity index (χ0v) is 11.8. The highest BCUT2D eigenvalue weighted by molar-refractivity contribution is 5.81. The molecule has 1 fully saturated rings. The molecule has 10 heteroatoms. The lowest BCUT2D eigenvalue weighted by Crippen LogP contribution is -2.30. The molecule has 0 bridgehead atoms. The Morgan fingerprint density at radius 3 is 2.91 bits per heavy atom. The number of nitrogen functional groups attached to an aromatic ring is 1. The summed E-state index contributed by atoms with van der Waals surface area (Å²) in [5.74, 6) is 0.463. The van der Waals surface area contributed by atoms with E-state index in [-0.39, 0.29) is 18.1 Å². The van der Waals surface area contributed by atoms with Crippen LogP contribution in [0.15, 0.2) is 6.33 Å². The molecule has 0 aliphatic carbocycles. The van der Waals surface area contributed by atoms with Gasteiger partial charge in [0.1, 0.15) is 24.3 Å². The Morgan fingerprint density at radius 2 is 2.27 bits per heavy atom. The summed E-state index contributed by atoms with van der Waals surface area (Å²) in [6.07, 6.45) is -3.99. The molecule has 0 amide bonds. The van der Waals surface area contributed by atoms with Crippen LogP contribution in [0.5, 0.6) is 0 Å². The van der Waals surface area contributed by atoms with Crippen LogP contribution in [-0.2, 0) is 16.1 Å². The van der Waals surface area contributed by atoms with Gasteiger partial charge in [0.2, 0.25) is 0 Å². The van der Waals surface area contributed by atoms with Crippen molar-refractivity contribution in [3.05, 3.63) is 12.2 Å². The lowest BCUT2D eigenvalue weighted by molar-refractivity contribution is -0.0459. The van der Waals surface area contributed by atoms with Crippen molar-refractivity contribution in [1.82, 2.24) is 19.5 Å². The predicted molar refractivity (Wildman–Crippen MR) is 72.3 cm³/mol. The van der Waals surface area contributed by atoms with E-state index in [2.05, 4.69) is 15.0 Å². The highest BCUT2D eigenvalue weighted by atomic mass is 19.1. The van der Waals surface area contributed by atoms with Gasteiger partial charge in [-0.25, -0.2) is 19.3 Å². The molecular weight excluding hydrogens is 297 g/mol. The first kappa shape index (κ1) is 15.0. The van der Waals surface area contributed by atoms with Crippen molar-refractivity contribution in [2.75, 3.05) is 19.5 Å². The number of rotatable bonds is 4. The summed E-state index contributed by atoms with van der Waals surface area (Å²) in [7, 11) is 1.49. The van der Waals surface area contributed by atoms with Crippen LogP contribution >= 0.6 is 0 Å². The molecule has 0 unspecified atom stereocenters. The largest absolute Gasteiger partial charge is 0.394 e. The second kappa shape index (κ2) is 5.72. The lowest BCUT2D eigenvalue weighted by Gasteiger charge is -2.15. The molecule has 0 aromatic carbocycles. The van der Waals surface area contributed by atoms with E-state index in [0.29, 0.717) is 11.3 Å². The van der Waals surface area contributed by atoms with Gasteiger partial charge in [0.05, 0.1) is 12.9 Å². The number of aromatic nitrogens is 4. The minimum atomic E-state index is -1.73. The summed E-state index contributed by atoms with van der Waals surface area (Å²) in [5, 5.41) is 18.8. The fourth-order valence-electron chi connectivity index (χ4n) is 2.44. The molecule has 2 aromatic heterocycles. The van der Waals surface area contributed by atoms with Crippen LogP contribution in [0.2, 0.25) is 0 Å². The van der Waals surface area contributed by atoms with Crippen LogP contribution in [0.25, 0.3) is 11.2 Å². The first-order valence-electron chi connectivity index (χ1n) is 6.63. The summed E-state index contributed by atoms with van der Waals surface area (Å²) >= 11 is 0. The third-order valence-electron chi connectivity index (χ3n) is 3.52. The topological polar surface area (TPSA) is 129 Å². The van der Waals surface area contributed by atoms with E-state index in [1.165, 1.54) is 18.0 Å². The molecular formula is C12H16FN5O4. The van der Waals surface area contributed by atoms with Gasteiger partial charge in [-0.3, -0.25) is 4.57 Å². The SMILES string of the molecule is COCc1nc(N)c2ncn([C@@H]3O[C@H](CO)[C@@H](O)[C@@H]3F)c2n1. The normalized spacial score (nSPS) is 28.5. The molecule has 9 nitrogen and oxygen atoms in total. The van der Waals surface area contributed by atoms with E-state index < -0.39 is 31.2 Å². The Kier molecular flexibility index (Phi) is 3.91. The number of fused-ring (bicyclic) bond motifs is 1. The highest BCUT2D eigenvalue weighted by Crippen LogP contribution is 2.33. The number of halogens is 1. The third kappa shape index (κ3) is 2.29. The number of nitrogens with two attached hydrogens (primary N) is 1. The molecule has 4 N–H and O–H groups in total. The zero-order chi connectivity index (χ0) is 15.9. The van der Waals surface area contributed by atoms with Gasteiger partial charge >= 0.3 is 0 Å². The number of methoxy groups -OCH3 is 1. The number of hydrogen-bond donors (Lipinski definition) is 3. The molecule has 0 spiro atoms. The Labute approximate surface area is 124 Å². The molecule has 3 heterocycles. The molecule has 22 heavy (non-hydrogen) atoms. The van der Waals surface area contributed by atoms with Gasteiger partial charge in [-0.15, -0.1) is 0 Å². The Bertz CT molecular complexity index is 681. The maximum atomic E-state index is 14.2. The van der Waals surface area contributed by atoms with Crippen LogP contribution < -0.4 is 5.73 Å². The van der Waals surface area contributed by atoms with Gasteiger partial charge in [-0.05, 0) is 0 Å². The fraction of sp³-hybridized carbons (Fsp3) is 0.583. The molecule has 0 radical (unpaired) electrons. The van der Waals surface area contributed by atoms with Crippen LogP contribution in [0.4, 0.5) is 10.2 Å². The molecule has 4 atom stereocenters. The second-order valence-electron chi connectivity index (χ2n) is 4.96. The first-order valence-corrected chi connectivity index (χ1v) is 6.63. The molecule has 1 aliphatic heterocycles. The van der Waals surface area contributed by atoms with Gasteiger partial charge in [-0.2, -0.15) is 0 Å². The maximum absolute atomic E-state index is 14.2. The smallest absolute Gasteiger partial charge is 0.173 e. The molecule has 1 aliphatic rings. The van der Waals surface area contributed by atoms with Crippen LogP contribution in [0.3, 0.4) is 0 Å². The summed E-state index contributed by atoms with van der Waals surface area (Å²) in [4.78, 5) is 12.3. The van der Waals surface area contributed by atoms with E-state index in [1.807, 2.05) is 0 Å². The summed E-state index contributed by atoms with van der Waals surface area (Å²) in [6.45, 7) is -0.353. The number of aliphatic hydroxyl groups excluding tert-OH is 2. The molecule has 2 aromatic rings. The first-order chi connectivity index (χ1) is 10.6. The second-order valence-corrected chi connectivity index (χ2v) is 4.96. The Hall–Kier alpha value is -1.88. The van der Waals surface area contributed by atoms with Crippen LogP contribution in [-0.4, -0.2) is 61.8 Å². The van der Waals surface area contributed by atoms with Crippen molar-refractivity contribution in [2.24, 2.45) is 0 Å². The Balaban J connectivity index is 2.04. The van der Waals surface area contributed by atoms with E-state index >= 15 is 0 Å².